The van der Waals surface area contributed by atoms with Crippen molar-refractivity contribution in [3.05, 3.63) is 24.3 Å². The van der Waals surface area contributed by atoms with E-state index in [9.17, 15) is 8.42 Å². The molecule has 0 aromatic heterocycles. The lowest BCUT2D eigenvalue weighted by Crippen LogP contribution is -2.47. The molecule has 1 aromatic rings. The lowest BCUT2D eigenvalue weighted by molar-refractivity contribution is 0.146. The van der Waals surface area contributed by atoms with Crippen molar-refractivity contribution in [3.8, 4) is 5.75 Å². The highest BCUT2D eigenvalue weighted by molar-refractivity contribution is 7.89. The van der Waals surface area contributed by atoms with Gasteiger partial charge in [-0.25, -0.2) is 13.1 Å². The molecule has 2 fully saturated rings. The highest BCUT2D eigenvalue weighted by Gasteiger charge is 2.35. The second-order valence-electron chi connectivity index (χ2n) is 6.24. The fourth-order valence-electron chi connectivity index (χ4n) is 3.40. The smallest absolute Gasteiger partial charge is 0.240 e. The minimum absolute atomic E-state index is 0.0244. The Balaban J connectivity index is 1.60. The number of fused-ring (bicyclic) bond motifs is 2. The maximum Gasteiger partial charge on any atom is 0.240 e. The van der Waals surface area contributed by atoms with Crippen LogP contribution in [0.5, 0.6) is 5.75 Å². The van der Waals surface area contributed by atoms with Crippen molar-refractivity contribution in [2.75, 3.05) is 20.3 Å². The molecule has 23 heavy (non-hydrogen) atoms. The first-order valence-electron chi connectivity index (χ1n) is 8.07. The van der Waals surface area contributed by atoms with Gasteiger partial charge in [0.15, 0.2) is 0 Å². The summed E-state index contributed by atoms with van der Waals surface area (Å²) in [4.78, 5) is 0.280. The first-order chi connectivity index (χ1) is 11.1. The van der Waals surface area contributed by atoms with Crippen LogP contribution in [0.1, 0.15) is 25.7 Å². The van der Waals surface area contributed by atoms with Crippen LogP contribution in [0.15, 0.2) is 29.2 Å². The SMILES string of the molecule is COCCOc1ccc(S(=O)(=O)NC2CC3CCC(C2)N3)cc1. The van der Waals surface area contributed by atoms with Gasteiger partial charge in [-0.05, 0) is 49.9 Å². The molecule has 2 N–H and O–H groups in total. The molecule has 2 bridgehead atoms. The van der Waals surface area contributed by atoms with E-state index >= 15 is 0 Å². The molecule has 128 valence electrons. The van der Waals surface area contributed by atoms with Crippen molar-refractivity contribution < 1.29 is 17.9 Å². The molecule has 0 spiro atoms. The standard InChI is InChI=1S/C16H24N2O4S/c1-21-8-9-22-15-4-6-16(7-5-15)23(19,20)18-14-10-12-2-3-13(11-14)17-12/h4-7,12-14,17-18H,2-3,8-11H2,1H3. The summed E-state index contributed by atoms with van der Waals surface area (Å²) in [5, 5.41) is 3.52. The molecular weight excluding hydrogens is 316 g/mol. The Morgan fingerprint density at radius 1 is 1.13 bits per heavy atom. The lowest BCUT2D eigenvalue weighted by Gasteiger charge is -2.29. The molecule has 2 unspecified atom stereocenters. The van der Waals surface area contributed by atoms with Crippen LogP contribution in [0, 0.1) is 0 Å². The Labute approximate surface area is 137 Å². The number of hydrogen-bond donors (Lipinski definition) is 2. The molecule has 0 amide bonds. The third-order valence-corrected chi connectivity index (χ3v) is 6.02. The Morgan fingerprint density at radius 2 is 1.78 bits per heavy atom. The third kappa shape index (κ3) is 4.23. The monoisotopic (exact) mass is 340 g/mol. The zero-order chi connectivity index (χ0) is 16.3. The maximum absolute atomic E-state index is 12.5. The first kappa shape index (κ1) is 16.7. The molecule has 2 heterocycles. The van der Waals surface area contributed by atoms with Gasteiger partial charge in [-0.15, -0.1) is 0 Å². The van der Waals surface area contributed by atoms with Gasteiger partial charge >= 0.3 is 0 Å². The number of ether oxygens (including phenoxy) is 2. The van der Waals surface area contributed by atoms with Crippen LogP contribution < -0.4 is 14.8 Å². The number of piperidine rings is 1. The van der Waals surface area contributed by atoms with Crippen LogP contribution in [-0.2, 0) is 14.8 Å². The van der Waals surface area contributed by atoms with Crippen LogP contribution >= 0.6 is 0 Å². The molecule has 2 saturated heterocycles. The van der Waals surface area contributed by atoms with Gasteiger partial charge in [0.2, 0.25) is 10.0 Å². The van der Waals surface area contributed by atoms with Crippen LogP contribution in [0.3, 0.4) is 0 Å². The van der Waals surface area contributed by atoms with Crippen molar-refractivity contribution in [2.24, 2.45) is 0 Å². The molecule has 0 aliphatic carbocycles. The average molecular weight is 340 g/mol. The van der Waals surface area contributed by atoms with Gasteiger partial charge in [-0.1, -0.05) is 0 Å². The normalized spacial score (nSPS) is 27.1. The van der Waals surface area contributed by atoms with Crippen LogP contribution in [-0.4, -0.2) is 46.9 Å². The molecule has 0 radical (unpaired) electrons. The van der Waals surface area contributed by atoms with Gasteiger partial charge in [0.1, 0.15) is 12.4 Å². The minimum atomic E-state index is -3.48. The number of nitrogens with one attached hydrogen (secondary N) is 2. The number of rotatable bonds is 7. The van der Waals surface area contributed by atoms with Crippen LogP contribution in [0.4, 0.5) is 0 Å². The topological polar surface area (TPSA) is 76.7 Å². The van der Waals surface area contributed by atoms with Gasteiger partial charge < -0.3 is 14.8 Å². The minimum Gasteiger partial charge on any atom is -0.491 e. The van der Waals surface area contributed by atoms with Crippen molar-refractivity contribution >= 4 is 10.0 Å². The highest BCUT2D eigenvalue weighted by Crippen LogP contribution is 2.28. The molecule has 3 rings (SSSR count). The van der Waals surface area contributed by atoms with E-state index in [1.165, 1.54) is 0 Å². The van der Waals surface area contributed by atoms with Crippen molar-refractivity contribution in [2.45, 2.75) is 48.7 Å². The predicted octanol–water partition coefficient (Wildman–Crippen LogP) is 1.27. The summed E-state index contributed by atoms with van der Waals surface area (Å²) in [5.74, 6) is 0.640. The summed E-state index contributed by atoms with van der Waals surface area (Å²) >= 11 is 0. The Hall–Kier alpha value is -1.15. The van der Waals surface area contributed by atoms with Crippen LogP contribution in [0.25, 0.3) is 0 Å². The molecule has 1 aromatic carbocycles. The molecule has 0 saturated carbocycles. The molecule has 2 atom stereocenters. The van der Waals surface area contributed by atoms with E-state index in [0.29, 0.717) is 31.0 Å². The number of sulfonamides is 1. The predicted molar refractivity (Wildman–Crippen MR) is 87.1 cm³/mol. The molecule has 2 aliphatic heterocycles. The summed E-state index contributed by atoms with van der Waals surface area (Å²) < 4.78 is 38.2. The van der Waals surface area contributed by atoms with E-state index in [2.05, 4.69) is 10.0 Å². The van der Waals surface area contributed by atoms with E-state index in [0.717, 1.165) is 25.7 Å². The van der Waals surface area contributed by atoms with E-state index in [1.54, 1.807) is 31.4 Å². The quantitative estimate of drug-likeness (QED) is 0.731. The van der Waals surface area contributed by atoms with Gasteiger partial charge in [-0.2, -0.15) is 0 Å². The summed E-state index contributed by atoms with van der Waals surface area (Å²) in [5.41, 5.74) is 0. The first-order valence-corrected chi connectivity index (χ1v) is 9.55. The fraction of sp³-hybridized carbons (Fsp3) is 0.625. The zero-order valence-electron chi connectivity index (χ0n) is 13.3. The molecular formula is C16H24N2O4S. The summed E-state index contributed by atoms with van der Waals surface area (Å²) in [6.07, 6.45) is 4.04. The Kier molecular flexibility index (Phi) is 5.21. The Bertz CT molecular complexity index is 605. The number of hydrogen-bond acceptors (Lipinski definition) is 5. The highest BCUT2D eigenvalue weighted by atomic mass is 32.2. The van der Waals surface area contributed by atoms with Crippen molar-refractivity contribution in [1.29, 1.82) is 0 Å². The largest absolute Gasteiger partial charge is 0.491 e. The van der Waals surface area contributed by atoms with Crippen LogP contribution in [0.2, 0.25) is 0 Å². The van der Waals surface area contributed by atoms with E-state index in [1.807, 2.05) is 0 Å². The summed E-state index contributed by atoms with van der Waals surface area (Å²) in [6.45, 7) is 0.943. The fourth-order valence-corrected chi connectivity index (χ4v) is 4.66. The van der Waals surface area contributed by atoms with E-state index < -0.39 is 10.0 Å². The third-order valence-electron chi connectivity index (χ3n) is 4.49. The van der Waals surface area contributed by atoms with E-state index in [-0.39, 0.29) is 10.9 Å². The maximum atomic E-state index is 12.5. The van der Waals surface area contributed by atoms with Crippen molar-refractivity contribution in [3.63, 3.8) is 0 Å². The second kappa shape index (κ2) is 7.17. The van der Waals surface area contributed by atoms with E-state index in [4.69, 9.17) is 9.47 Å². The molecule has 2 aliphatic rings. The van der Waals surface area contributed by atoms with Crippen molar-refractivity contribution in [1.82, 2.24) is 10.0 Å². The van der Waals surface area contributed by atoms with Gasteiger partial charge in [0, 0.05) is 25.2 Å². The molecule has 6 nitrogen and oxygen atoms in total. The zero-order valence-corrected chi connectivity index (χ0v) is 14.1. The number of benzene rings is 1. The lowest BCUT2D eigenvalue weighted by atomic mass is 10.0. The molecule has 7 heteroatoms. The second-order valence-corrected chi connectivity index (χ2v) is 7.95. The van der Waals surface area contributed by atoms with Gasteiger partial charge in [-0.3, -0.25) is 0 Å². The Morgan fingerprint density at radius 3 is 2.39 bits per heavy atom. The summed E-state index contributed by atoms with van der Waals surface area (Å²) in [7, 11) is -1.87. The van der Waals surface area contributed by atoms with Gasteiger partial charge in [0.25, 0.3) is 0 Å². The number of methoxy groups -OCH3 is 1. The van der Waals surface area contributed by atoms with Gasteiger partial charge in [0.05, 0.1) is 11.5 Å². The average Bonchev–Trinajstić information content (AvgIpc) is 2.86. The summed E-state index contributed by atoms with van der Waals surface area (Å²) in [6, 6.07) is 7.46.